The molecule has 0 bridgehead atoms. The van der Waals surface area contributed by atoms with Crippen LogP contribution in [0.2, 0.25) is 19.6 Å². The molecule has 0 aromatic rings. The van der Waals surface area contributed by atoms with E-state index in [1.807, 2.05) is 19.6 Å². The van der Waals surface area contributed by atoms with Crippen molar-refractivity contribution in [2.75, 3.05) is 0 Å². The molecule has 4 nitrogen and oxygen atoms in total. The SMILES string of the molecule is C[Si](C)(C)OP(=O)(OI)OI. The predicted octanol–water partition coefficient (Wildman–Crippen LogP) is 3.68. The van der Waals surface area contributed by atoms with Crippen LogP contribution in [0.15, 0.2) is 0 Å². The second-order valence-corrected chi connectivity index (χ2v) is 11.3. The number of hydrogen-bond acceptors (Lipinski definition) is 4. The molecule has 11 heavy (non-hydrogen) atoms. The Morgan fingerprint density at radius 2 is 1.55 bits per heavy atom. The van der Waals surface area contributed by atoms with Gasteiger partial charge in [-0.25, -0.2) is 10.3 Å². The quantitative estimate of drug-likeness (QED) is 0.394. The van der Waals surface area contributed by atoms with Gasteiger partial charge in [-0.1, -0.05) is 0 Å². The summed E-state index contributed by atoms with van der Waals surface area (Å²) in [5, 5.41) is 0. The van der Waals surface area contributed by atoms with Gasteiger partial charge in [0, 0.05) is 0 Å². The summed E-state index contributed by atoms with van der Waals surface area (Å²) in [6.07, 6.45) is 0. The Morgan fingerprint density at radius 3 is 1.64 bits per heavy atom. The Balaban J connectivity index is 4.21. The van der Waals surface area contributed by atoms with Crippen molar-refractivity contribution in [3.05, 3.63) is 0 Å². The highest BCUT2D eigenvalue weighted by molar-refractivity contribution is 14.1. The zero-order valence-electron chi connectivity index (χ0n) is 6.34. The second kappa shape index (κ2) is 4.87. The molecule has 0 unspecified atom stereocenters. The molecule has 0 fully saturated rings. The van der Waals surface area contributed by atoms with Gasteiger partial charge in [-0.15, -0.1) is 0 Å². The van der Waals surface area contributed by atoms with Crippen molar-refractivity contribution < 1.29 is 14.5 Å². The van der Waals surface area contributed by atoms with Gasteiger partial charge in [-0.05, 0) is 19.6 Å². The van der Waals surface area contributed by atoms with E-state index in [4.69, 9.17) is 4.21 Å². The van der Waals surface area contributed by atoms with Gasteiger partial charge in [0.05, 0.1) is 0 Å². The van der Waals surface area contributed by atoms with Gasteiger partial charge >= 0.3 is 7.82 Å². The van der Waals surface area contributed by atoms with Crippen LogP contribution in [-0.2, 0) is 14.5 Å². The molecule has 0 rings (SSSR count). The van der Waals surface area contributed by atoms with Crippen LogP contribution in [0.1, 0.15) is 0 Å². The van der Waals surface area contributed by atoms with Crippen molar-refractivity contribution in [2.45, 2.75) is 19.6 Å². The third-order valence-electron chi connectivity index (χ3n) is 0.555. The summed E-state index contributed by atoms with van der Waals surface area (Å²) in [7, 11) is -5.12. The van der Waals surface area contributed by atoms with E-state index in [1.165, 1.54) is 46.0 Å². The zero-order valence-corrected chi connectivity index (χ0v) is 12.5. The van der Waals surface area contributed by atoms with Crippen molar-refractivity contribution in [3.63, 3.8) is 0 Å². The number of hydrogen-bond donors (Lipinski definition) is 0. The number of halogens is 2. The largest absolute Gasteiger partial charge is 0.484 e. The van der Waals surface area contributed by atoms with Gasteiger partial charge in [-0.3, -0.25) is 0 Å². The monoisotopic (exact) mass is 422 g/mol. The number of rotatable bonds is 4. The minimum absolute atomic E-state index is 1.51. The Labute approximate surface area is 95.5 Å². The first-order valence-electron chi connectivity index (χ1n) is 2.74. The maximum Gasteiger partial charge on any atom is 0.484 e. The van der Waals surface area contributed by atoms with Gasteiger partial charge in [0.25, 0.3) is 0 Å². The van der Waals surface area contributed by atoms with Crippen molar-refractivity contribution in [3.8, 4) is 0 Å². The Hall–Kier alpha value is 1.79. The van der Waals surface area contributed by atoms with E-state index in [2.05, 4.69) is 5.71 Å². The van der Waals surface area contributed by atoms with Crippen LogP contribution in [0.3, 0.4) is 0 Å². The van der Waals surface area contributed by atoms with E-state index in [-0.39, 0.29) is 0 Å². The van der Waals surface area contributed by atoms with E-state index in [1.54, 1.807) is 0 Å². The average molecular weight is 422 g/mol. The Kier molecular flexibility index (Phi) is 5.66. The standard InChI is InChI=1S/C3H9I2O4PSi/c1-11(2,3)9-10(6,7-4)8-5/h1-3H3. The molecule has 68 valence electrons. The summed E-state index contributed by atoms with van der Waals surface area (Å²) in [6, 6.07) is 0. The summed E-state index contributed by atoms with van der Waals surface area (Å²) in [5.74, 6) is 0. The van der Waals surface area contributed by atoms with Crippen molar-refractivity contribution in [1.29, 1.82) is 0 Å². The fourth-order valence-electron chi connectivity index (χ4n) is 0.374. The first kappa shape index (κ1) is 12.8. The van der Waals surface area contributed by atoms with Crippen LogP contribution in [0.4, 0.5) is 0 Å². The Morgan fingerprint density at radius 1 is 1.18 bits per heavy atom. The molecule has 0 N–H and O–H groups in total. The lowest BCUT2D eigenvalue weighted by molar-refractivity contribution is 0.355. The summed E-state index contributed by atoms with van der Waals surface area (Å²) in [6.45, 7) is 5.72. The van der Waals surface area contributed by atoms with E-state index >= 15 is 0 Å². The van der Waals surface area contributed by atoms with Gasteiger partial charge in [0.15, 0.2) is 8.32 Å². The molecular formula is C3H9I2O4PSi. The van der Waals surface area contributed by atoms with Crippen LogP contribution < -0.4 is 0 Å². The first-order valence-corrected chi connectivity index (χ1v) is 9.37. The van der Waals surface area contributed by atoms with E-state index in [0.29, 0.717) is 0 Å². The van der Waals surface area contributed by atoms with E-state index in [0.717, 1.165) is 0 Å². The topological polar surface area (TPSA) is 44.8 Å². The highest BCUT2D eigenvalue weighted by Crippen LogP contribution is 2.55. The summed E-state index contributed by atoms with van der Waals surface area (Å²) in [5.41, 5.74) is 0. The van der Waals surface area contributed by atoms with Crippen molar-refractivity contribution in [1.82, 2.24) is 0 Å². The van der Waals surface area contributed by atoms with Crippen molar-refractivity contribution >= 4 is 62.2 Å². The molecular weight excluding hydrogens is 413 g/mol. The smallest absolute Gasteiger partial charge is 0.329 e. The molecule has 0 saturated heterocycles. The van der Waals surface area contributed by atoms with E-state index in [9.17, 15) is 4.57 Å². The molecule has 0 atom stereocenters. The molecule has 0 radical (unpaired) electrons. The van der Waals surface area contributed by atoms with Crippen molar-refractivity contribution in [2.24, 2.45) is 0 Å². The molecule has 0 saturated carbocycles. The van der Waals surface area contributed by atoms with Gasteiger partial charge in [0.1, 0.15) is 46.0 Å². The fraction of sp³-hybridized carbons (Fsp3) is 1.00. The van der Waals surface area contributed by atoms with Crippen LogP contribution in [0.25, 0.3) is 0 Å². The molecule has 0 aromatic carbocycles. The average Bonchev–Trinajstić information content (AvgIpc) is 1.84. The molecule has 0 aromatic heterocycles. The van der Waals surface area contributed by atoms with Crippen LogP contribution in [0, 0.1) is 0 Å². The molecule has 0 heterocycles. The highest BCUT2D eigenvalue weighted by Gasteiger charge is 2.32. The lowest BCUT2D eigenvalue weighted by Crippen LogP contribution is -2.23. The zero-order chi connectivity index (χ0) is 9.12. The summed E-state index contributed by atoms with van der Waals surface area (Å²) in [4.78, 5) is 0. The Bertz CT molecular complexity index is 161. The predicted molar refractivity (Wildman–Crippen MR) is 62.2 cm³/mol. The van der Waals surface area contributed by atoms with Gasteiger partial charge in [-0.2, -0.15) is 0 Å². The van der Waals surface area contributed by atoms with Crippen LogP contribution in [0.5, 0.6) is 0 Å². The van der Waals surface area contributed by atoms with Gasteiger partial charge in [0.2, 0.25) is 0 Å². The maximum absolute atomic E-state index is 11.3. The summed E-state index contributed by atoms with van der Waals surface area (Å²) < 4.78 is 25.6. The lowest BCUT2D eigenvalue weighted by atomic mass is 11.8. The number of phosphoric acid groups is 1. The molecule has 0 aliphatic carbocycles. The van der Waals surface area contributed by atoms with E-state index < -0.39 is 16.1 Å². The highest BCUT2D eigenvalue weighted by atomic mass is 127. The minimum Gasteiger partial charge on any atom is -0.329 e. The fourth-order valence-corrected chi connectivity index (χ4v) is 6.16. The molecule has 0 aliphatic heterocycles. The second-order valence-electron chi connectivity index (χ2n) is 2.79. The molecule has 8 heteroatoms. The first-order chi connectivity index (χ1) is 4.83. The minimum atomic E-state index is -3.27. The normalized spacial score (nSPS) is 13.5. The summed E-state index contributed by atoms with van der Waals surface area (Å²) >= 11 is 3.02. The third kappa shape index (κ3) is 5.94. The van der Waals surface area contributed by atoms with Crippen LogP contribution in [-0.4, -0.2) is 8.32 Å². The van der Waals surface area contributed by atoms with Crippen LogP contribution >= 0.6 is 53.8 Å². The molecule has 0 amide bonds. The third-order valence-corrected chi connectivity index (χ3v) is 6.87. The lowest BCUT2D eigenvalue weighted by Gasteiger charge is -2.20. The molecule has 0 spiro atoms. The van der Waals surface area contributed by atoms with Gasteiger partial charge < -0.3 is 4.21 Å². The maximum atomic E-state index is 11.3. The molecule has 0 aliphatic rings.